The van der Waals surface area contributed by atoms with Crippen LogP contribution in [0.15, 0.2) is 12.1 Å². The van der Waals surface area contributed by atoms with Gasteiger partial charge in [0, 0.05) is 6.04 Å². The van der Waals surface area contributed by atoms with Crippen molar-refractivity contribution in [2.24, 2.45) is 5.73 Å². The molecule has 0 radical (unpaired) electrons. The van der Waals surface area contributed by atoms with Crippen molar-refractivity contribution >= 4 is 0 Å². The molecule has 0 saturated carbocycles. The number of phenols is 1. The van der Waals surface area contributed by atoms with E-state index in [2.05, 4.69) is 0 Å². The van der Waals surface area contributed by atoms with E-state index >= 15 is 0 Å². The summed E-state index contributed by atoms with van der Waals surface area (Å²) < 4.78 is 0. The van der Waals surface area contributed by atoms with Crippen LogP contribution < -0.4 is 5.73 Å². The second-order valence-electron chi connectivity index (χ2n) is 3.83. The average Bonchev–Trinajstić information content (AvgIpc) is 2.18. The zero-order valence-electron chi connectivity index (χ0n) is 8.03. The highest BCUT2D eigenvalue weighted by molar-refractivity contribution is 5.44. The van der Waals surface area contributed by atoms with Crippen molar-refractivity contribution in [3.63, 3.8) is 0 Å². The summed E-state index contributed by atoms with van der Waals surface area (Å²) in [5, 5.41) is 18.6. The van der Waals surface area contributed by atoms with Crippen molar-refractivity contribution in [1.29, 1.82) is 0 Å². The molecule has 1 aliphatic carbocycles. The van der Waals surface area contributed by atoms with Crippen LogP contribution in [0.2, 0.25) is 0 Å². The third kappa shape index (κ3) is 1.49. The quantitative estimate of drug-likeness (QED) is 0.628. The molecular formula is C11H15NO2. The van der Waals surface area contributed by atoms with Crippen molar-refractivity contribution in [1.82, 2.24) is 0 Å². The smallest absolute Gasteiger partial charge is 0.116 e. The number of aromatic hydroxyl groups is 1. The monoisotopic (exact) mass is 193 g/mol. The molecule has 0 heterocycles. The van der Waals surface area contributed by atoms with Gasteiger partial charge in [0.05, 0.1) is 6.61 Å². The van der Waals surface area contributed by atoms with E-state index in [1.54, 1.807) is 12.1 Å². The molecular weight excluding hydrogens is 178 g/mol. The molecule has 0 aromatic heterocycles. The van der Waals surface area contributed by atoms with Crippen molar-refractivity contribution < 1.29 is 10.2 Å². The Morgan fingerprint density at radius 1 is 1.43 bits per heavy atom. The standard InChI is InChI=1S/C11H15NO2/c12-11-3-1-2-9-7(6-13)4-8(14)5-10(9)11/h4-5,11,13-14H,1-3,6,12H2/t11-/m1/s1. The number of aliphatic hydroxyl groups is 1. The van der Waals surface area contributed by atoms with E-state index < -0.39 is 0 Å². The summed E-state index contributed by atoms with van der Waals surface area (Å²) >= 11 is 0. The second-order valence-corrected chi connectivity index (χ2v) is 3.83. The zero-order chi connectivity index (χ0) is 10.1. The highest BCUT2D eigenvalue weighted by Gasteiger charge is 2.19. The summed E-state index contributed by atoms with van der Waals surface area (Å²) in [4.78, 5) is 0. The zero-order valence-corrected chi connectivity index (χ0v) is 8.03. The summed E-state index contributed by atoms with van der Waals surface area (Å²) in [5.41, 5.74) is 8.89. The number of rotatable bonds is 1. The van der Waals surface area contributed by atoms with E-state index in [9.17, 15) is 5.11 Å². The van der Waals surface area contributed by atoms with Gasteiger partial charge in [0.15, 0.2) is 0 Å². The Morgan fingerprint density at radius 3 is 2.93 bits per heavy atom. The first kappa shape index (κ1) is 9.49. The normalized spacial score (nSPS) is 20.6. The van der Waals surface area contributed by atoms with Crippen molar-refractivity contribution in [3.05, 3.63) is 28.8 Å². The van der Waals surface area contributed by atoms with Crippen LogP contribution in [-0.4, -0.2) is 10.2 Å². The Hall–Kier alpha value is -1.06. The first-order chi connectivity index (χ1) is 6.72. The Bertz CT molecular complexity index is 349. The molecule has 0 unspecified atom stereocenters. The molecule has 3 nitrogen and oxygen atoms in total. The lowest BCUT2D eigenvalue weighted by atomic mass is 9.85. The largest absolute Gasteiger partial charge is 0.508 e. The molecule has 0 bridgehead atoms. The van der Waals surface area contributed by atoms with Crippen LogP contribution in [0.25, 0.3) is 0 Å². The lowest BCUT2D eigenvalue weighted by molar-refractivity contribution is 0.279. The third-order valence-corrected chi connectivity index (χ3v) is 2.87. The topological polar surface area (TPSA) is 66.5 Å². The van der Waals surface area contributed by atoms with Gasteiger partial charge in [0.1, 0.15) is 5.75 Å². The van der Waals surface area contributed by atoms with Gasteiger partial charge in [-0.05, 0) is 48.1 Å². The van der Waals surface area contributed by atoms with Crippen LogP contribution in [0.4, 0.5) is 0 Å². The number of nitrogens with two attached hydrogens (primary N) is 1. The molecule has 1 aromatic carbocycles. The fourth-order valence-electron chi connectivity index (χ4n) is 2.17. The molecule has 4 N–H and O–H groups in total. The molecule has 0 saturated heterocycles. The van der Waals surface area contributed by atoms with Gasteiger partial charge in [-0.1, -0.05) is 0 Å². The number of benzene rings is 1. The Morgan fingerprint density at radius 2 is 2.21 bits per heavy atom. The molecule has 76 valence electrons. The molecule has 1 aromatic rings. The molecule has 0 aliphatic heterocycles. The Balaban J connectivity index is 2.54. The van der Waals surface area contributed by atoms with E-state index in [0.717, 1.165) is 36.0 Å². The number of hydrogen-bond acceptors (Lipinski definition) is 3. The van der Waals surface area contributed by atoms with Gasteiger partial charge >= 0.3 is 0 Å². The van der Waals surface area contributed by atoms with E-state index in [1.165, 1.54) is 0 Å². The Kier molecular flexibility index (Phi) is 2.44. The summed E-state index contributed by atoms with van der Waals surface area (Å²) in [5.74, 6) is 0.199. The van der Waals surface area contributed by atoms with Gasteiger partial charge in [-0.15, -0.1) is 0 Å². The number of fused-ring (bicyclic) bond motifs is 1. The number of aliphatic hydroxyl groups excluding tert-OH is 1. The van der Waals surface area contributed by atoms with E-state index in [-0.39, 0.29) is 18.4 Å². The van der Waals surface area contributed by atoms with E-state index in [4.69, 9.17) is 10.8 Å². The molecule has 3 heteroatoms. The summed E-state index contributed by atoms with van der Waals surface area (Å²) in [7, 11) is 0. The molecule has 2 rings (SSSR count). The first-order valence-electron chi connectivity index (χ1n) is 4.93. The second kappa shape index (κ2) is 3.59. The minimum absolute atomic E-state index is 0.0103. The Labute approximate surface area is 83.2 Å². The van der Waals surface area contributed by atoms with Gasteiger partial charge in [-0.25, -0.2) is 0 Å². The predicted octanol–water partition coefficient (Wildman–Crippen LogP) is 1.22. The number of hydrogen-bond donors (Lipinski definition) is 3. The SMILES string of the molecule is N[C@@H]1CCCc2c(CO)cc(O)cc21. The number of phenolic OH excluding ortho intramolecular Hbond substituents is 1. The van der Waals surface area contributed by atoms with Gasteiger partial charge in [0.25, 0.3) is 0 Å². The lowest BCUT2D eigenvalue weighted by Crippen LogP contribution is -2.18. The highest BCUT2D eigenvalue weighted by atomic mass is 16.3. The summed E-state index contributed by atoms with van der Waals surface area (Å²) in [6.07, 6.45) is 2.98. The van der Waals surface area contributed by atoms with Crippen molar-refractivity contribution in [2.45, 2.75) is 31.9 Å². The van der Waals surface area contributed by atoms with E-state index in [0.29, 0.717) is 0 Å². The van der Waals surface area contributed by atoms with Crippen molar-refractivity contribution in [3.8, 4) is 5.75 Å². The van der Waals surface area contributed by atoms with Gasteiger partial charge in [-0.3, -0.25) is 0 Å². The molecule has 0 spiro atoms. The predicted molar refractivity (Wildman–Crippen MR) is 53.9 cm³/mol. The molecule has 14 heavy (non-hydrogen) atoms. The van der Waals surface area contributed by atoms with Crippen molar-refractivity contribution in [2.75, 3.05) is 0 Å². The highest BCUT2D eigenvalue weighted by Crippen LogP contribution is 2.33. The maximum absolute atomic E-state index is 9.45. The fraction of sp³-hybridized carbons (Fsp3) is 0.455. The van der Waals surface area contributed by atoms with Crippen LogP contribution in [0.3, 0.4) is 0 Å². The fourth-order valence-corrected chi connectivity index (χ4v) is 2.17. The van der Waals surface area contributed by atoms with Crippen LogP contribution in [-0.2, 0) is 13.0 Å². The van der Waals surface area contributed by atoms with Crippen LogP contribution >= 0.6 is 0 Å². The summed E-state index contributed by atoms with van der Waals surface area (Å²) in [6, 6.07) is 3.35. The molecule has 0 fully saturated rings. The van der Waals surface area contributed by atoms with Crippen LogP contribution in [0.1, 0.15) is 35.6 Å². The maximum Gasteiger partial charge on any atom is 0.116 e. The van der Waals surface area contributed by atoms with Gasteiger partial charge in [-0.2, -0.15) is 0 Å². The minimum Gasteiger partial charge on any atom is -0.508 e. The third-order valence-electron chi connectivity index (χ3n) is 2.87. The van der Waals surface area contributed by atoms with Gasteiger partial charge < -0.3 is 15.9 Å². The molecule has 0 amide bonds. The maximum atomic E-state index is 9.45. The lowest BCUT2D eigenvalue weighted by Gasteiger charge is -2.24. The van der Waals surface area contributed by atoms with Crippen LogP contribution in [0, 0.1) is 0 Å². The summed E-state index contributed by atoms with van der Waals surface area (Å²) in [6.45, 7) is -0.0244. The first-order valence-corrected chi connectivity index (χ1v) is 4.93. The minimum atomic E-state index is -0.0244. The van der Waals surface area contributed by atoms with Crippen LogP contribution in [0.5, 0.6) is 5.75 Å². The molecule has 1 aliphatic rings. The molecule has 1 atom stereocenters. The van der Waals surface area contributed by atoms with E-state index in [1.807, 2.05) is 0 Å². The van der Waals surface area contributed by atoms with Gasteiger partial charge in [0.2, 0.25) is 0 Å². The average molecular weight is 193 g/mol.